The fraction of sp³-hybridized carbons (Fsp3) is 0.158. The minimum Gasteiger partial charge on any atom is -0.493 e. The molecule has 1 aromatic heterocycles. The van der Waals surface area contributed by atoms with Crippen molar-refractivity contribution in [2.75, 3.05) is 19.0 Å². The van der Waals surface area contributed by atoms with Crippen LogP contribution in [0.2, 0.25) is 0 Å². The van der Waals surface area contributed by atoms with Crippen LogP contribution in [0.3, 0.4) is 0 Å². The average Bonchev–Trinajstić information content (AvgIpc) is 3.09. The zero-order valence-corrected chi connectivity index (χ0v) is 18.7. The summed E-state index contributed by atoms with van der Waals surface area (Å²) in [7, 11) is 1.33. The highest BCUT2D eigenvalue weighted by Crippen LogP contribution is 2.28. The molecule has 2 aromatic carbocycles. The summed E-state index contributed by atoms with van der Waals surface area (Å²) in [6.45, 7) is 2.41. The number of hydrogen-bond acceptors (Lipinski definition) is 7. The van der Waals surface area contributed by atoms with Crippen molar-refractivity contribution in [1.29, 1.82) is 0 Å². The molecule has 7 nitrogen and oxygen atoms in total. The van der Waals surface area contributed by atoms with Crippen LogP contribution >= 0.6 is 39.5 Å². The molecule has 2 N–H and O–H groups in total. The second-order valence-electron chi connectivity index (χ2n) is 5.68. The van der Waals surface area contributed by atoms with Gasteiger partial charge in [0.15, 0.2) is 10.2 Å². The second-order valence-corrected chi connectivity index (χ2v) is 7.97. The Kier molecular flexibility index (Phi) is 6.78. The van der Waals surface area contributed by atoms with Gasteiger partial charge in [0.05, 0.1) is 34.0 Å². The molecule has 0 radical (unpaired) electrons. The first-order chi connectivity index (χ1) is 13.9. The SMILES string of the molecule is CCOc1ccc(C(=O)NC(=S)Nc2nc3ccc(C(=O)OC)cc3s2)cc1Br. The lowest BCUT2D eigenvalue weighted by atomic mass is 10.2. The molecule has 0 saturated carbocycles. The molecule has 3 aromatic rings. The zero-order chi connectivity index (χ0) is 21.0. The highest BCUT2D eigenvalue weighted by molar-refractivity contribution is 9.10. The average molecular weight is 494 g/mol. The summed E-state index contributed by atoms with van der Waals surface area (Å²) >= 11 is 9.91. The van der Waals surface area contributed by atoms with E-state index in [9.17, 15) is 9.59 Å². The molecule has 3 rings (SSSR count). The fourth-order valence-electron chi connectivity index (χ4n) is 2.44. The monoisotopic (exact) mass is 493 g/mol. The number of ether oxygens (including phenoxy) is 2. The van der Waals surface area contributed by atoms with E-state index in [0.29, 0.717) is 38.6 Å². The van der Waals surface area contributed by atoms with Gasteiger partial charge in [-0.3, -0.25) is 10.1 Å². The topological polar surface area (TPSA) is 89.5 Å². The van der Waals surface area contributed by atoms with Crippen LogP contribution in [0.25, 0.3) is 10.2 Å². The summed E-state index contributed by atoms with van der Waals surface area (Å²) in [5, 5.41) is 6.13. The Balaban J connectivity index is 1.68. The van der Waals surface area contributed by atoms with Crippen LogP contribution < -0.4 is 15.4 Å². The summed E-state index contributed by atoms with van der Waals surface area (Å²) < 4.78 is 11.6. The largest absolute Gasteiger partial charge is 0.493 e. The number of nitrogens with zero attached hydrogens (tertiary/aromatic N) is 1. The standard InChI is InChI=1S/C19H16BrN3O4S2/c1-3-27-14-7-5-10(8-12(14)20)16(24)22-18(28)23-19-21-13-6-4-11(17(25)26-2)9-15(13)29-19/h4-9H,3H2,1-2H3,(H2,21,22,23,24,28). The lowest BCUT2D eigenvalue weighted by Crippen LogP contribution is -2.34. The van der Waals surface area contributed by atoms with E-state index in [1.165, 1.54) is 18.4 Å². The van der Waals surface area contributed by atoms with Crippen LogP contribution in [0.4, 0.5) is 5.13 Å². The van der Waals surface area contributed by atoms with Gasteiger partial charge in [0.2, 0.25) is 0 Å². The van der Waals surface area contributed by atoms with Gasteiger partial charge in [-0.15, -0.1) is 0 Å². The van der Waals surface area contributed by atoms with Crippen molar-refractivity contribution in [2.24, 2.45) is 0 Å². The predicted octanol–water partition coefficient (Wildman–Crippen LogP) is 4.37. The van der Waals surface area contributed by atoms with Gasteiger partial charge in [0.25, 0.3) is 5.91 Å². The highest BCUT2D eigenvalue weighted by Gasteiger charge is 2.13. The summed E-state index contributed by atoms with van der Waals surface area (Å²) in [6.07, 6.45) is 0. The third-order valence-electron chi connectivity index (χ3n) is 3.75. The van der Waals surface area contributed by atoms with Crippen molar-refractivity contribution in [3.63, 3.8) is 0 Å². The van der Waals surface area contributed by atoms with Crippen molar-refractivity contribution in [1.82, 2.24) is 10.3 Å². The fourth-order valence-corrected chi connectivity index (χ4v) is 4.10. The Morgan fingerprint density at radius 2 is 1.97 bits per heavy atom. The van der Waals surface area contributed by atoms with E-state index in [0.717, 1.165) is 4.70 Å². The van der Waals surface area contributed by atoms with E-state index in [-0.39, 0.29) is 11.0 Å². The summed E-state index contributed by atoms with van der Waals surface area (Å²) in [4.78, 5) is 28.5. The molecule has 0 aliphatic rings. The highest BCUT2D eigenvalue weighted by atomic mass is 79.9. The molecule has 0 saturated heterocycles. The smallest absolute Gasteiger partial charge is 0.337 e. The van der Waals surface area contributed by atoms with Gasteiger partial charge in [-0.2, -0.15) is 0 Å². The normalized spacial score (nSPS) is 10.4. The first kappa shape index (κ1) is 21.2. The van der Waals surface area contributed by atoms with Crippen molar-refractivity contribution < 1.29 is 19.1 Å². The number of halogens is 1. The number of rotatable bonds is 5. The van der Waals surface area contributed by atoms with E-state index in [4.69, 9.17) is 21.7 Å². The Hall–Kier alpha value is -2.56. The maximum atomic E-state index is 12.4. The minimum atomic E-state index is -0.417. The zero-order valence-electron chi connectivity index (χ0n) is 15.4. The number of anilines is 1. The second kappa shape index (κ2) is 9.29. The number of hydrogen-bond donors (Lipinski definition) is 2. The number of carbonyl (C=O) groups excluding carboxylic acids is 2. The van der Waals surface area contributed by atoms with Crippen LogP contribution in [0.5, 0.6) is 5.75 Å². The van der Waals surface area contributed by atoms with Crippen molar-refractivity contribution in [2.45, 2.75) is 6.92 Å². The van der Waals surface area contributed by atoms with Crippen LogP contribution in [0.1, 0.15) is 27.6 Å². The summed E-state index contributed by atoms with van der Waals surface area (Å²) in [6, 6.07) is 10.1. The maximum absolute atomic E-state index is 12.4. The Bertz CT molecular complexity index is 1100. The molecule has 0 bridgehead atoms. The van der Waals surface area contributed by atoms with Crippen molar-refractivity contribution >= 4 is 71.8 Å². The quantitative estimate of drug-likeness (QED) is 0.402. The molecule has 0 atom stereocenters. The van der Waals surface area contributed by atoms with Crippen LogP contribution in [-0.2, 0) is 4.74 Å². The lowest BCUT2D eigenvalue weighted by Gasteiger charge is -2.09. The van der Waals surface area contributed by atoms with Gasteiger partial charge in [0, 0.05) is 5.56 Å². The lowest BCUT2D eigenvalue weighted by molar-refractivity contribution is 0.0600. The molecule has 150 valence electrons. The Morgan fingerprint density at radius 3 is 2.66 bits per heavy atom. The number of amides is 1. The molecule has 29 heavy (non-hydrogen) atoms. The Labute approximate surface area is 184 Å². The number of nitrogens with one attached hydrogen (secondary N) is 2. The van der Waals surface area contributed by atoms with Crippen molar-refractivity contribution in [3.05, 3.63) is 52.0 Å². The van der Waals surface area contributed by atoms with E-state index >= 15 is 0 Å². The molecule has 0 aliphatic carbocycles. The molecular weight excluding hydrogens is 478 g/mol. The van der Waals surface area contributed by atoms with E-state index in [1.54, 1.807) is 36.4 Å². The van der Waals surface area contributed by atoms with Gasteiger partial charge < -0.3 is 14.8 Å². The third-order valence-corrected chi connectivity index (χ3v) is 5.51. The number of methoxy groups -OCH3 is 1. The summed E-state index contributed by atoms with van der Waals surface area (Å²) in [5.41, 5.74) is 1.57. The molecule has 1 heterocycles. The number of fused-ring (bicyclic) bond motifs is 1. The van der Waals surface area contributed by atoms with Gasteiger partial charge in [-0.05, 0) is 71.5 Å². The molecule has 0 fully saturated rings. The first-order valence-corrected chi connectivity index (χ1v) is 10.5. The first-order valence-electron chi connectivity index (χ1n) is 8.45. The predicted molar refractivity (Wildman–Crippen MR) is 120 cm³/mol. The number of thiocarbonyl (C=S) groups is 1. The van der Waals surface area contributed by atoms with Crippen molar-refractivity contribution in [3.8, 4) is 5.75 Å². The molecular formula is C19H16BrN3O4S2. The van der Waals surface area contributed by atoms with Crippen LogP contribution in [0.15, 0.2) is 40.9 Å². The van der Waals surface area contributed by atoms with Gasteiger partial charge in [-0.1, -0.05) is 11.3 Å². The number of carbonyl (C=O) groups is 2. The molecule has 10 heteroatoms. The van der Waals surface area contributed by atoms with Gasteiger partial charge >= 0.3 is 5.97 Å². The van der Waals surface area contributed by atoms with Crippen LogP contribution in [-0.4, -0.2) is 35.7 Å². The van der Waals surface area contributed by atoms with Crippen LogP contribution in [0, 0.1) is 0 Å². The Morgan fingerprint density at radius 1 is 1.21 bits per heavy atom. The number of esters is 1. The summed E-state index contributed by atoms with van der Waals surface area (Å²) in [5.74, 6) is -0.120. The van der Waals surface area contributed by atoms with E-state index in [2.05, 4.69) is 31.5 Å². The minimum absolute atomic E-state index is 0.118. The van der Waals surface area contributed by atoms with E-state index < -0.39 is 5.97 Å². The molecule has 1 amide bonds. The number of thiazole rings is 1. The number of benzene rings is 2. The molecule has 0 unspecified atom stereocenters. The molecule has 0 aliphatic heterocycles. The molecule has 0 spiro atoms. The maximum Gasteiger partial charge on any atom is 0.337 e. The van der Waals surface area contributed by atoms with E-state index in [1.807, 2.05) is 6.92 Å². The van der Waals surface area contributed by atoms with Gasteiger partial charge in [-0.25, -0.2) is 9.78 Å². The third kappa shape index (κ3) is 5.08. The van der Waals surface area contributed by atoms with Gasteiger partial charge in [0.1, 0.15) is 5.75 Å². The number of aromatic nitrogens is 1.